The molecule has 0 radical (unpaired) electrons. The van der Waals surface area contributed by atoms with Crippen molar-refractivity contribution in [3.8, 4) is 5.75 Å². The second kappa shape index (κ2) is 8.36. The van der Waals surface area contributed by atoms with Crippen LogP contribution in [0.2, 0.25) is 0 Å². The van der Waals surface area contributed by atoms with Gasteiger partial charge in [0.1, 0.15) is 5.75 Å². The molecule has 1 heterocycles. The van der Waals surface area contributed by atoms with Gasteiger partial charge in [-0.3, -0.25) is 9.69 Å². The van der Waals surface area contributed by atoms with Gasteiger partial charge in [0, 0.05) is 38.6 Å². The van der Waals surface area contributed by atoms with Crippen molar-refractivity contribution in [3.63, 3.8) is 0 Å². The number of amides is 1. The molecule has 7 heteroatoms. The van der Waals surface area contributed by atoms with E-state index in [1.165, 1.54) is 0 Å². The van der Waals surface area contributed by atoms with E-state index in [0.717, 1.165) is 11.1 Å². The Bertz CT molecular complexity index is 652. The molecular weight excluding hydrogens is 344 g/mol. The van der Waals surface area contributed by atoms with Gasteiger partial charge >= 0.3 is 6.09 Å². The topological polar surface area (TPSA) is 70.1 Å². The van der Waals surface area contributed by atoms with Crippen LogP contribution in [0.1, 0.15) is 18.9 Å². The van der Waals surface area contributed by atoms with Crippen molar-refractivity contribution >= 4 is 29.9 Å². The zero-order valence-corrected chi connectivity index (χ0v) is 15.0. The Morgan fingerprint density at radius 1 is 1.20 bits per heavy atom. The number of ketones is 1. The summed E-state index contributed by atoms with van der Waals surface area (Å²) in [6.07, 6.45) is 1.90. The number of piperazine rings is 1. The maximum Gasteiger partial charge on any atom is 0.409 e. The van der Waals surface area contributed by atoms with E-state index in [0.29, 0.717) is 39.2 Å². The molecule has 25 heavy (non-hydrogen) atoms. The second-order valence-electron chi connectivity index (χ2n) is 6.05. The Balaban J connectivity index is 0.00000225. The minimum absolute atomic E-state index is 0. The SMILES string of the molecule is CCOC(=O)N1CCN(C2CC(=O)C=C2c2ccc(O)cc2)CC1.Cl. The maximum absolute atomic E-state index is 12.0. The summed E-state index contributed by atoms with van der Waals surface area (Å²) in [4.78, 5) is 27.7. The van der Waals surface area contributed by atoms with Gasteiger partial charge in [0.05, 0.1) is 6.61 Å². The number of hydrogen-bond donors (Lipinski definition) is 1. The predicted octanol–water partition coefficient (Wildman–Crippen LogP) is 2.31. The first-order valence-electron chi connectivity index (χ1n) is 8.28. The normalized spacial score (nSPS) is 20.8. The third-order valence-corrected chi connectivity index (χ3v) is 4.55. The van der Waals surface area contributed by atoms with Gasteiger partial charge in [-0.1, -0.05) is 12.1 Å². The summed E-state index contributed by atoms with van der Waals surface area (Å²) in [6, 6.07) is 6.97. The van der Waals surface area contributed by atoms with Crippen LogP contribution in [0.15, 0.2) is 30.3 Å². The first-order valence-corrected chi connectivity index (χ1v) is 8.28. The lowest BCUT2D eigenvalue weighted by Crippen LogP contribution is -2.52. The molecule has 136 valence electrons. The zero-order valence-electron chi connectivity index (χ0n) is 14.2. The summed E-state index contributed by atoms with van der Waals surface area (Å²) in [6.45, 7) is 4.81. The molecule has 1 aliphatic heterocycles. The molecule has 1 aromatic rings. The van der Waals surface area contributed by atoms with E-state index in [-0.39, 0.29) is 36.1 Å². The van der Waals surface area contributed by atoms with E-state index >= 15 is 0 Å². The van der Waals surface area contributed by atoms with Crippen molar-refractivity contribution in [2.75, 3.05) is 32.8 Å². The highest BCUT2D eigenvalue weighted by Crippen LogP contribution is 2.32. The molecule has 0 saturated carbocycles. The number of ether oxygens (including phenoxy) is 1. The number of phenols is 1. The first kappa shape index (κ1) is 19.3. The molecule has 1 fully saturated rings. The zero-order chi connectivity index (χ0) is 17.1. The molecule has 3 rings (SSSR count). The minimum atomic E-state index is -0.269. The van der Waals surface area contributed by atoms with Gasteiger partial charge in [-0.2, -0.15) is 0 Å². The number of allylic oxidation sites excluding steroid dienone is 1. The highest BCUT2D eigenvalue weighted by atomic mass is 35.5. The summed E-state index contributed by atoms with van der Waals surface area (Å²) < 4.78 is 5.04. The summed E-state index contributed by atoms with van der Waals surface area (Å²) in [5.41, 5.74) is 1.95. The molecular formula is C18H23ClN2O4. The summed E-state index contributed by atoms with van der Waals surface area (Å²) >= 11 is 0. The third kappa shape index (κ3) is 4.32. The number of benzene rings is 1. The Hall–Kier alpha value is -2.05. The van der Waals surface area contributed by atoms with Gasteiger partial charge < -0.3 is 14.7 Å². The van der Waals surface area contributed by atoms with Crippen molar-refractivity contribution < 1.29 is 19.4 Å². The van der Waals surface area contributed by atoms with Crippen molar-refractivity contribution in [1.29, 1.82) is 0 Å². The Morgan fingerprint density at radius 2 is 1.84 bits per heavy atom. The predicted molar refractivity (Wildman–Crippen MR) is 96.9 cm³/mol. The number of phenolic OH excluding ortho intramolecular Hbond substituents is 1. The standard InChI is InChI=1S/C18H22N2O4.ClH/c1-2-24-18(23)20-9-7-19(8-10-20)17-12-15(22)11-16(17)13-3-5-14(21)6-4-13;/h3-6,11,17,21H,2,7-10,12H2,1H3;1H. The van der Waals surface area contributed by atoms with Gasteiger partial charge in [0.2, 0.25) is 0 Å². The number of aromatic hydroxyl groups is 1. The van der Waals surface area contributed by atoms with E-state index in [1.807, 2.05) is 12.1 Å². The molecule has 0 aromatic heterocycles. The largest absolute Gasteiger partial charge is 0.508 e. The summed E-state index contributed by atoms with van der Waals surface area (Å²) in [5, 5.41) is 9.44. The van der Waals surface area contributed by atoms with E-state index in [1.54, 1.807) is 30.0 Å². The quantitative estimate of drug-likeness (QED) is 0.889. The molecule has 1 N–H and O–H groups in total. The van der Waals surface area contributed by atoms with E-state index in [2.05, 4.69) is 4.90 Å². The van der Waals surface area contributed by atoms with Crippen molar-refractivity contribution in [2.24, 2.45) is 0 Å². The molecule has 1 unspecified atom stereocenters. The Kier molecular flexibility index (Phi) is 6.45. The third-order valence-electron chi connectivity index (χ3n) is 4.55. The lowest BCUT2D eigenvalue weighted by molar-refractivity contribution is -0.114. The fraction of sp³-hybridized carbons (Fsp3) is 0.444. The molecule has 0 spiro atoms. The monoisotopic (exact) mass is 366 g/mol. The fourth-order valence-electron chi connectivity index (χ4n) is 3.32. The van der Waals surface area contributed by atoms with Crippen molar-refractivity contribution in [2.45, 2.75) is 19.4 Å². The fourth-order valence-corrected chi connectivity index (χ4v) is 3.32. The van der Waals surface area contributed by atoms with Crippen LogP contribution in [0, 0.1) is 0 Å². The van der Waals surface area contributed by atoms with E-state index < -0.39 is 0 Å². The number of hydrogen-bond acceptors (Lipinski definition) is 5. The molecule has 1 aliphatic carbocycles. The smallest absolute Gasteiger partial charge is 0.409 e. The van der Waals surface area contributed by atoms with Crippen LogP contribution in [0.25, 0.3) is 5.57 Å². The van der Waals surface area contributed by atoms with Crippen LogP contribution in [0.4, 0.5) is 4.79 Å². The molecule has 2 aliphatic rings. The van der Waals surface area contributed by atoms with Crippen molar-refractivity contribution in [3.05, 3.63) is 35.9 Å². The highest BCUT2D eigenvalue weighted by molar-refractivity contribution is 6.03. The average molecular weight is 367 g/mol. The molecule has 1 atom stereocenters. The lowest BCUT2D eigenvalue weighted by Gasteiger charge is -2.38. The van der Waals surface area contributed by atoms with Gasteiger partial charge in [0.25, 0.3) is 0 Å². The van der Waals surface area contributed by atoms with Crippen LogP contribution in [-0.4, -0.2) is 65.6 Å². The summed E-state index contributed by atoms with van der Waals surface area (Å²) in [5.74, 6) is 0.333. The van der Waals surface area contributed by atoms with Gasteiger partial charge in [0.15, 0.2) is 5.78 Å². The molecule has 6 nitrogen and oxygen atoms in total. The van der Waals surface area contributed by atoms with Gasteiger partial charge in [-0.25, -0.2) is 4.79 Å². The van der Waals surface area contributed by atoms with Gasteiger partial charge in [-0.05, 0) is 36.3 Å². The first-order chi connectivity index (χ1) is 11.6. The average Bonchev–Trinajstić information content (AvgIpc) is 2.98. The number of carbonyl (C=O) groups is 2. The number of halogens is 1. The van der Waals surface area contributed by atoms with Crippen LogP contribution in [-0.2, 0) is 9.53 Å². The molecule has 1 aromatic carbocycles. The number of carbonyl (C=O) groups excluding carboxylic acids is 2. The molecule has 0 bridgehead atoms. The minimum Gasteiger partial charge on any atom is -0.508 e. The number of rotatable bonds is 3. The van der Waals surface area contributed by atoms with Crippen molar-refractivity contribution in [1.82, 2.24) is 9.80 Å². The van der Waals surface area contributed by atoms with Crippen LogP contribution >= 0.6 is 12.4 Å². The highest BCUT2D eigenvalue weighted by Gasteiger charge is 2.33. The molecule has 1 amide bonds. The Labute approximate surface area is 153 Å². The Morgan fingerprint density at radius 3 is 2.44 bits per heavy atom. The lowest BCUT2D eigenvalue weighted by atomic mass is 9.99. The van der Waals surface area contributed by atoms with Gasteiger partial charge in [-0.15, -0.1) is 12.4 Å². The van der Waals surface area contributed by atoms with Crippen LogP contribution in [0.5, 0.6) is 5.75 Å². The van der Waals surface area contributed by atoms with Crippen LogP contribution in [0.3, 0.4) is 0 Å². The molecule has 1 saturated heterocycles. The second-order valence-corrected chi connectivity index (χ2v) is 6.05. The van der Waals surface area contributed by atoms with Crippen LogP contribution < -0.4 is 0 Å². The van der Waals surface area contributed by atoms with E-state index in [4.69, 9.17) is 4.74 Å². The summed E-state index contributed by atoms with van der Waals surface area (Å²) in [7, 11) is 0. The number of nitrogens with zero attached hydrogens (tertiary/aromatic N) is 2. The maximum atomic E-state index is 12.0. The van der Waals surface area contributed by atoms with E-state index in [9.17, 15) is 14.7 Å².